The van der Waals surface area contributed by atoms with Crippen LogP contribution < -0.4 is 10.6 Å². The zero-order valence-corrected chi connectivity index (χ0v) is 18.8. The van der Waals surface area contributed by atoms with Gasteiger partial charge in [0, 0.05) is 19.1 Å². The third kappa shape index (κ3) is 4.22. The van der Waals surface area contributed by atoms with Crippen molar-refractivity contribution in [1.82, 2.24) is 15.5 Å². The lowest BCUT2D eigenvalue weighted by Gasteiger charge is -2.49. The van der Waals surface area contributed by atoms with Gasteiger partial charge in [-0.05, 0) is 43.8 Å². The van der Waals surface area contributed by atoms with E-state index in [0.717, 1.165) is 39.0 Å². The van der Waals surface area contributed by atoms with Crippen molar-refractivity contribution in [2.45, 2.75) is 57.0 Å². The van der Waals surface area contributed by atoms with E-state index in [1.807, 2.05) is 6.07 Å². The molecule has 150 valence electrons. The second-order valence-corrected chi connectivity index (χ2v) is 12.4. The average molecular weight is 425 g/mol. The first-order chi connectivity index (χ1) is 12.8. The maximum atomic E-state index is 12.7. The molecule has 0 aliphatic carbocycles. The molecule has 3 unspecified atom stereocenters. The molecule has 1 aromatic rings. The van der Waals surface area contributed by atoms with Gasteiger partial charge >= 0.3 is 0 Å². The van der Waals surface area contributed by atoms with E-state index >= 15 is 0 Å². The summed E-state index contributed by atoms with van der Waals surface area (Å²) in [5.74, 6) is 0.110. The van der Waals surface area contributed by atoms with Gasteiger partial charge in [0.1, 0.15) is 0 Å². The van der Waals surface area contributed by atoms with Crippen LogP contribution >= 0.6 is 0 Å². The molecular formula is C20H30N3OS3-. The highest BCUT2D eigenvalue weighted by atomic mass is 33.1. The Balaban J connectivity index is 1.78. The normalized spacial score (nSPS) is 32.7. The molecule has 1 amide bonds. The van der Waals surface area contributed by atoms with Gasteiger partial charge in [0.15, 0.2) is 0 Å². The fourth-order valence-corrected chi connectivity index (χ4v) is 6.84. The first-order valence-corrected chi connectivity index (χ1v) is 12.7. The molecule has 4 atom stereocenters. The summed E-state index contributed by atoms with van der Waals surface area (Å²) < 4.78 is -0.192. The van der Waals surface area contributed by atoms with E-state index in [2.05, 4.69) is 60.6 Å². The first-order valence-electron chi connectivity index (χ1n) is 9.66. The minimum atomic E-state index is -0.584. The Morgan fingerprint density at radius 3 is 2.63 bits per heavy atom. The average Bonchev–Trinajstić information content (AvgIpc) is 3.24. The summed E-state index contributed by atoms with van der Waals surface area (Å²) in [6.07, 6.45) is 1.98. The fourth-order valence-electron chi connectivity index (χ4n) is 4.47. The van der Waals surface area contributed by atoms with Gasteiger partial charge in [0.05, 0.1) is 6.04 Å². The van der Waals surface area contributed by atoms with Crippen LogP contribution in [0.15, 0.2) is 30.3 Å². The zero-order valence-electron chi connectivity index (χ0n) is 16.4. The Bertz CT molecular complexity index is 740. The summed E-state index contributed by atoms with van der Waals surface area (Å²) in [6, 6.07) is 10.5. The Kier molecular flexibility index (Phi) is 6.58. The number of amides is 1. The molecule has 4 nitrogen and oxygen atoms in total. The van der Waals surface area contributed by atoms with Gasteiger partial charge < -0.3 is 18.6 Å². The maximum Gasteiger partial charge on any atom is 0.237 e. The van der Waals surface area contributed by atoms with Crippen molar-refractivity contribution in [2.75, 3.05) is 19.6 Å². The molecule has 2 aliphatic heterocycles. The second-order valence-electron chi connectivity index (χ2n) is 8.39. The minimum Gasteiger partial charge on any atom is -0.352 e. The molecule has 2 N–H and O–H groups in total. The summed E-state index contributed by atoms with van der Waals surface area (Å²) >= 11 is 11.3. The SMILES string of the molecule is CC(NC(=O)[C@@H]1CCCN1)C1(C)CN(Cc2ccccc2)CC1(C)[S-](=S)=S. The Morgan fingerprint density at radius 2 is 2.04 bits per heavy atom. The third-order valence-electron chi connectivity index (χ3n) is 6.59. The van der Waals surface area contributed by atoms with Gasteiger partial charge in [-0.25, -0.2) is 0 Å². The molecule has 2 saturated heterocycles. The Hall–Kier alpha value is -0.600. The van der Waals surface area contributed by atoms with Gasteiger partial charge in [-0.15, -0.1) is 0 Å². The van der Waals surface area contributed by atoms with Crippen LogP contribution in [0.5, 0.6) is 0 Å². The zero-order chi connectivity index (χ0) is 19.7. The molecule has 2 fully saturated rings. The molecule has 0 aromatic heterocycles. The summed E-state index contributed by atoms with van der Waals surface area (Å²) in [7, 11) is -0.584. The molecule has 1 aromatic carbocycles. The standard InChI is InChI=1S/C20H30N3OS3/c1-15(22-18(24)17-10-7-11-21-17)19(2)13-23(14-20(19,3)27(25)26)12-16-8-5-4-6-9-16/h4-6,8-9,15,17,21H,7,10-14H2,1-3H3,(H,22,24)/q-1/t15?,17-,19?,20?/m0/s1. The van der Waals surface area contributed by atoms with Crippen LogP contribution in [0, 0.1) is 5.41 Å². The number of carbonyl (C=O) groups excluding carboxylic acids is 1. The Labute approximate surface area is 174 Å². The van der Waals surface area contributed by atoms with E-state index in [1.165, 1.54) is 5.56 Å². The highest BCUT2D eigenvalue weighted by molar-refractivity contribution is 8.47. The van der Waals surface area contributed by atoms with Crippen molar-refractivity contribution in [3.63, 3.8) is 0 Å². The Morgan fingerprint density at radius 1 is 1.33 bits per heavy atom. The van der Waals surface area contributed by atoms with Gasteiger partial charge in [-0.2, -0.15) is 0 Å². The van der Waals surface area contributed by atoms with Crippen LogP contribution in [0.2, 0.25) is 0 Å². The van der Waals surface area contributed by atoms with Crippen LogP contribution in [0.4, 0.5) is 0 Å². The summed E-state index contributed by atoms with van der Waals surface area (Å²) in [5.41, 5.74) is 1.13. The van der Waals surface area contributed by atoms with Crippen LogP contribution in [0.3, 0.4) is 0 Å². The topological polar surface area (TPSA) is 44.4 Å². The lowest BCUT2D eigenvalue weighted by atomic mass is 9.74. The largest absolute Gasteiger partial charge is 0.352 e. The number of hydrogen-bond donors (Lipinski definition) is 2. The monoisotopic (exact) mass is 424 g/mol. The van der Waals surface area contributed by atoms with Crippen LogP contribution in [0.25, 0.3) is 0 Å². The third-order valence-corrected chi connectivity index (χ3v) is 10.1. The van der Waals surface area contributed by atoms with Crippen LogP contribution in [-0.4, -0.2) is 47.3 Å². The van der Waals surface area contributed by atoms with Gasteiger partial charge in [0.25, 0.3) is 0 Å². The fraction of sp³-hybridized carbons (Fsp3) is 0.650. The minimum absolute atomic E-state index is 0.0130. The maximum absolute atomic E-state index is 12.7. The van der Waals surface area contributed by atoms with Crippen LogP contribution in [0.1, 0.15) is 39.2 Å². The lowest BCUT2D eigenvalue weighted by molar-refractivity contribution is -0.124. The quantitative estimate of drug-likeness (QED) is 0.685. The highest BCUT2D eigenvalue weighted by Crippen LogP contribution is 2.45. The molecule has 27 heavy (non-hydrogen) atoms. The first kappa shape index (κ1) is 21.1. The molecule has 0 radical (unpaired) electrons. The molecule has 0 saturated carbocycles. The van der Waals surface area contributed by atoms with Crippen molar-refractivity contribution < 1.29 is 4.79 Å². The lowest BCUT2D eigenvalue weighted by Crippen LogP contribution is -2.58. The molecule has 0 bridgehead atoms. The van der Waals surface area contributed by atoms with E-state index < -0.39 is 8.01 Å². The van der Waals surface area contributed by atoms with E-state index in [-0.39, 0.29) is 28.2 Å². The molecular weight excluding hydrogens is 394 g/mol. The number of rotatable bonds is 6. The van der Waals surface area contributed by atoms with Crippen molar-refractivity contribution in [2.24, 2.45) is 5.41 Å². The van der Waals surface area contributed by atoms with Crippen molar-refractivity contribution in [3.05, 3.63) is 35.9 Å². The number of likely N-dealkylation sites (tertiary alicyclic amines) is 1. The highest BCUT2D eigenvalue weighted by Gasteiger charge is 2.50. The summed E-state index contributed by atoms with van der Waals surface area (Å²) in [4.78, 5) is 15.1. The van der Waals surface area contributed by atoms with E-state index in [1.54, 1.807) is 0 Å². The molecule has 7 heteroatoms. The van der Waals surface area contributed by atoms with Crippen LogP contribution in [-0.2, 0) is 41.7 Å². The van der Waals surface area contributed by atoms with E-state index in [4.69, 9.17) is 22.4 Å². The summed E-state index contributed by atoms with van der Waals surface area (Å²) in [5, 5.41) is 6.57. The van der Waals surface area contributed by atoms with Crippen molar-refractivity contribution >= 4 is 36.3 Å². The number of carbonyl (C=O) groups is 1. The van der Waals surface area contributed by atoms with Gasteiger partial charge in [-0.1, -0.05) is 48.9 Å². The molecule has 3 rings (SSSR count). The number of nitrogens with zero attached hydrogens (tertiary/aromatic N) is 1. The van der Waals surface area contributed by atoms with Gasteiger partial charge in [-0.3, -0.25) is 32.1 Å². The number of benzene rings is 1. The molecule has 0 spiro atoms. The predicted molar refractivity (Wildman–Crippen MR) is 119 cm³/mol. The number of nitrogens with one attached hydrogen (secondary N) is 2. The smallest absolute Gasteiger partial charge is 0.237 e. The molecule has 2 heterocycles. The van der Waals surface area contributed by atoms with E-state index in [9.17, 15) is 4.79 Å². The number of hydrogen-bond acceptors (Lipinski definition) is 6. The van der Waals surface area contributed by atoms with E-state index in [0.29, 0.717) is 0 Å². The van der Waals surface area contributed by atoms with Crippen molar-refractivity contribution in [1.29, 1.82) is 0 Å². The second kappa shape index (κ2) is 8.41. The molecule has 2 aliphatic rings. The van der Waals surface area contributed by atoms with Crippen molar-refractivity contribution in [3.8, 4) is 0 Å². The predicted octanol–water partition coefficient (Wildman–Crippen LogP) is 2.07. The van der Waals surface area contributed by atoms with Gasteiger partial charge in [0.2, 0.25) is 5.91 Å². The summed E-state index contributed by atoms with van der Waals surface area (Å²) in [6.45, 7) is 10.2.